The minimum Gasteiger partial charge on any atom is -0.450 e. The average molecular weight is 316 g/mol. The Morgan fingerprint density at radius 3 is 2.57 bits per heavy atom. The lowest BCUT2D eigenvalue weighted by Gasteiger charge is -2.20. The van der Waals surface area contributed by atoms with Crippen LogP contribution in [0, 0.1) is 20.8 Å². The molecule has 1 saturated carbocycles. The first kappa shape index (κ1) is 16.2. The topological polar surface area (TPSA) is 52.6 Å². The minimum absolute atomic E-state index is 0.0105. The largest absolute Gasteiger partial charge is 0.450 e. The highest BCUT2D eigenvalue weighted by Gasteiger charge is 2.59. The van der Waals surface area contributed by atoms with Crippen LogP contribution in [0.2, 0.25) is 0 Å². The summed E-state index contributed by atoms with van der Waals surface area (Å²) in [5, 5.41) is 0. The predicted octanol–water partition coefficient (Wildman–Crippen LogP) is 3.15. The van der Waals surface area contributed by atoms with E-state index in [1.165, 1.54) is 0 Å². The fraction of sp³-hybridized carbons (Fsp3) is 0.579. The number of hydrogen-bond acceptors (Lipinski definition) is 4. The van der Waals surface area contributed by atoms with E-state index in [9.17, 15) is 9.59 Å². The zero-order valence-electron chi connectivity index (χ0n) is 14.3. The maximum atomic E-state index is 13.0. The van der Waals surface area contributed by atoms with Gasteiger partial charge in [0.1, 0.15) is 5.92 Å². The van der Waals surface area contributed by atoms with Crippen LogP contribution in [0.1, 0.15) is 54.4 Å². The maximum absolute atomic E-state index is 13.0. The van der Waals surface area contributed by atoms with Gasteiger partial charge in [0.2, 0.25) is 0 Å². The number of benzene rings is 1. The lowest BCUT2D eigenvalue weighted by Crippen LogP contribution is -2.35. The van der Waals surface area contributed by atoms with Crippen molar-refractivity contribution in [2.45, 2.75) is 64.6 Å². The Kier molecular flexibility index (Phi) is 4.05. The van der Waals surface area contributed by atoms with E-state index in [1.807, 2.05) is 39.8 Å². The highest BCUT2D eigenvalue weighted by molar-refractivity contribution is 6.14. The van der Waals surface area contributed by atoms with Gasteiger partial charge < -0.3 is 9.47 Å². The SMILES string of the molecule is CCOC1CCC2(C1)OC(=O)C(c1cc(C)c(C)cc1C)C2=O. The van der Waals surface area contributed by atoms with Gasteiger partial charge in [-0.25, -0.2) is 0 Å². The summed E-state index contributed by atoms with van der Waals surface area (Å²) in [6, 6.07) is 4.00. The monoisotopic (exact) mass is 316 g/mol. The van der Waals surface area contributed by atoms with E-state index >= 15 is 0 Å². The summed E-state index contributed by atoms with van der Waals surface area (Å²) in [4.78, 5) is 25.5. The lowest BCUT2D eigenvalue weighted by molar-refractivity contribution is -0.152. The molecule has 0 N–H and O–H groups in total. The Hall–Kier alpha value is -1.68. The maximum Gasteiger partial charge on any atom is 0.322 e. The highest BCUT2D eigenvalue weighted by Crippen LogP contribution is 2.46. The summed E-state index contributed by atoms with van der Waals surface area (Å²) in [5.41, 5.74) is 3.05. The molecule has 1 aromatic rings. The number of aryl methyl sites for hydroxylation is 3. The molecular weight excluding hydrogens is 292 g/mol. The lowest BCUT2D eigenvalue weighted by atomic mass is 9.83. The van der Waals surface area contributed by atoms with Gasteiger partial charge in [-0.3, -0.25) is 9.59 Å². The van der Waals surface area contributed by atoms with Crippen molar-refractivity contribution >= 4 is 11.8 Å². The molecule has 124 valence electrons. The molecule has 0 bridgehead atoms. The third-order valence-corrected chi connectivity index (χ3v) is 5.27. The van der Waals surface area contributed by atoms with Crippen LogP contribution in [0.15, 0.2) is 12.1 Å². The Morgan fingerprint density at radius 1 is 1.17 bits per heavy atom. The summed E-state index contributed by atoms with van der Waals surface area (Å²) in [7, 11) is 0. The van der Waals surface area contributed by atoms with Crippen molar-refractivity contribution in [1.29, 1.82) is 0 Å². The number of rotatable bonds is 3. The molecule has 2 aliphatic rings. The first-order chi connectivity index (χ1) is 10.9. The van der Waals surface area contributed by atoms with E-state index in [4.69, 9.17) is 9.47 Å². The molecule has 3 rings (SSSR count). The third-order valence-electron chi connectivity index (χ3n) is 5.27. The van der Waals surface area contributed by atoms with E-state index in [0.29, 0.717) is 19.4 Å². The van der Waals surface area contributed by atoms with Crippen LogP contribution in [0.25, 0.3) is 0 Å². The van der Waals surface area contributed by atoms with Crippen molar-refractivity contribution in [1.82, 2.24) is 0 Å². The van der Waals surface area contributed by atoms with Gasteiger partial charge in [0.25, 0.3) is 0 Å². The van der Waals surface area contributed by atoms with Crippen molar-refractivity contribution in [3.05, 3.63) is 34.4 Å². The summed E-state index contributed by atoms with van der Waals surface area (Å²) in [5.74, 6) is -1.27. The van der Waals surface area contributed by atoms with Gasteiger partial charge in [-0.2, -0.15) is 0 Å². The molecule has 1 spiro atoms. The van der Waals surface area contributed by atoms with Crippen molar-refractivity contribution in [3.63, 3.8) is 0 Å². The smallest absolute Gasteiger partial charge is 0.322 e. The van der Waals surface area contributed by atoms with Gasteiger partial charge in [0.15, 0.2) is 11.4 Å². The summed E-state index contributed by atoms with van der Waals surface area (Å²) < 4.78 is 11.3. The van der Waals surface area contributed by atoms with Crippen molar-refractivity contribution in [2.75, 3.05) is 6.61 Å². The molecular formula is C19H24O4. The minimum atomic E-state index is -0.965. The van der Waals surface area contributed by atoms with Gasteiger partial charge in [0.05, 0.1) is 6.10 Å². The molecule has 23 heavy (non-hydrogen) atoms. The number of Topliss-reactive ketones (excluding diaryl/α,β-unsaturated/α-hetero) is 1. The Labute approximate surface area is 137 Å². The Morgan fingerprint density at radius 2 is 1.87 bits per heavy atom. The van der Waals surface area contributed by atoms with Crippen LogP contribution in [0.4, 0.5) is 0 Å². The second-order valence-corrected chi connectivity index (χ2v) is 6.83. The zero-order valence-corrected chi connectivity index (χ0v) is 14.3. The number of ether oxygens (including phenoxy) is 2. The number of carbonyl (C=O) groups is 2. The van der Waals surface area contributed by atoms with E-state index in [-0.39, 0.29) is 11.9 Å². The van der Waals surface area contributed by atoms with Crippen molar-refractivity contribution in [2.24, 2.45) is 0 Å². The molecule has 4 heteroatoms. The zero-order chi connectivity index (χ0) is 16.8. The molecule has 0 radical (unpaired) electrons. The fourth-order valence-corrected chi connectivity index (χ4v) is 3.89. The standard InChI is InChI=1S/C19H24O4/c1-5-22-14-6-7-19(10-14)17(20)16(18(21)23-19)15-9-12(3)11(2)8-13(15)4/h8-9,14,16H,5-7,10H2,1-4H3. The van der Waals surface area contributed by atoms with E-state index < -0.39 is 17.5 Å². The van der Waals surface area contributed by atoms with Crippen molar-refractivity contribution in [3.8, 4) is 0 Å². The van der Waals surface area contributed by atoms with Gasteiger partial charge in [-0.15, -0.1) is 0 Å². The van der Waals surface area contributed by atoms with Crippen LogP contribution in [-0.2, 0) is 19.1 Å². The molecule has 1 heterocycles. The molecule has 3 unspecified atom stereocenters. The molecule has 1 aliphatic heterocycles. The van der Waals surface area contributed by atoms with Crippen LogP contribution < -0.4 is 0 Å². The molecule has 0 aromatic heterocycles. The third kappa shape index (κ3) is 2.59. The normalized spacial score (nSPS) is 30.3. The first-order valence-electron chi connectivity index (χ1n) is 8.34. The van der Waals surface area contributed by atoms with Crippen LogP contribution in [-0.4, -0.2) is 30.1 Å². The van der Waals surface area contributed by atoms with Gasteiger partial charge in [0, 0.05) is 13.0 Å². The number of carbonyl (C=O) groups excluding carboxylic acids is 2. The Balaban J connectivity index is 1.93. The molecule has 1 aliphatic carbocycles. The Bertz CT molecular complexity index is 664. The summed E-state index contributed by atoms with van der Waals surface area (Å²) in [6.45, 7) is 8.54. The second kappa shape index (κ2) is 5.75. The van der Waals surface area contributed by atoms with Gasteiger partial charge in [-0.1, -0.05) is 12.1 Å². The molecule has 1 aromatic carbocycles. The van der Waals surface area contributed by atoms with E-state index in [2.05, 4.69) is 0 Å². The van der Waals surface area contributed by atoms with E-state index in [1.54, 1.807) is 0 Å². The predicted molar refractivity (Wildman–Crippen MR) is 86.5 cm³/mol. The molecule has 0 amide bonds. The molecule has 4 nitrogen and oxygen atoms in total. The molecule has 1 saturated heterocycles. The molecule has 3 atom stereocenters. The summed E-state index contributed by atoms with van der Waals surface area (Å²) in [6.07, 6.45) is 1.84. The van der Waals surface area contributed by atoms with E-state index in [0.717, 1.165) is 28.7 Å². The second-order valence-electron chi connectivity index (χ2n) is 6.83. The number of ketones is 1. The van der Waals surface area contributed by atoms with Crippen molar-refractivity contribution < 1.29 is 19.1 Å². The number of hydrogen-bond donors (Lipinski definition) is 0. The first-order valence-corrected chi connectivity index (χ1v) is 8.34. The fourth-order valence-electron chi connectivity index (χ4n) is 3.89. The van der Waals surface area contributed by atoms with Crippen LogP contribution >= 0.6 is 0 Å². The summed E-state index contributed by atoms with van der Waals surface area (Å²) >= 11 is 0. The van der Waals surface area contributed by atoms with Gasteiger partial charge in [-0.05, 0) is 62.8 Å². The van der Waals surface area contributed by atoms with Crippen LogP contribution in [0.5, 0.6) is 0 Å². The van der Waals surface area contributed by atoms with Gasteiger partial charge >= 0.3 is 5.97 Å². The average Bonchev–Trinajstić information content (AvgIpc) is 2.98. The number of esters is 1. The quantitative estimate of drug-likeness (QED) is 0.635. The highest BCUT2D eigenvalue weighted by atomic mass is 16.6. The van der Waals surface area contributed by atoms with Crippen LogP contribution in [0.3, 0.4) is 0 Å². The molecule has 2 fully saturated rings.